The highest BCUT2D eigenvalue weighted by Gasteiger charge is 2.19. The van der Waals surface area contributed by atoms with Gasteiger partial charge in [-0.05, 0) is 55.0 Å². The Kier molecular flexibility index (Phi) is 6.24. The zero-order valence-corrected chi connectivity index (χ0v) is 20.3. The van der Waals surface area contributed by atoms with Crippen molar-refractivity contribution in [2.45, 2.75) is 17.8 Å². The molecule has 0 radical (unpaired) electrons. The second-order valence-electron chi connectivity index (χ2n) is 7.85. The number of aromatic nitrogens is 5. The third-order valence-electron chi connectivity index (χ3n) is 5.52. The van der Waals surface area contributed by atoms with Gasteiger partial charge in [-0.15, -0.1) is 10.2 Å². The van der Waals surface area contributed by atoms with Crippen molar-refractivity contribution in [3.63, 3.8) is 0 Å². The van der Waals surface area contributed by atoms with Crippen molar-refractivity contribution in [2.75, 3.05) is 14.2 Å². The van der Waals surface area contributed by atoms with Gasteiger partial charge >= 0.3 is 0 Å². The maximum atomic E-state index is 12.6. The SMILES string of the molecule is COc1ccc(-c2nnc(SCc3cc(=O)n4cc(C)ccc4n3)n2-c2ccccc2OC)cc1. The van der Waals surface area contributed by atoms with Gasteiger partial charge in [-0.25, -0.2) is 4.98 Å². The van der Waals surface area contributed by atoms with Crippen LogP contribution in [0.25, 0.3) is 22.7 Å². The number of benzene rings is 2. The van der Waals surface area contributed by atoms with Crippen LogP contribution in [0.1, 0.15) is 11.3 Å². The summed E-state index contributed by atoms with van der Waals surface area (Å²) in [5, 5.41) is 9.63. The Hall–Kier alpha value is -4.11. The summed E-state index contributed by atoms with van der Waals surface area (Å²) in [7, 11) is 3.27. The second kappa shape index (κ2) is 9.63. The van der Waals surface area contributed by atoms with E-state index in [-0.39, 0.29) is 5.56 Å². The lowest BCUT2D eigenvalue weighted by Gasteiger charge is -2.14. The highest BCUT2D eigenvalue weighted by atomic mass is 32.2. The molecule has 3 aromatic heterocycles. The number of fused-ring (bicyclic) bond motifs is 1. The Morgan fingerprint density at radius 3 is 2.51 bits per heavy atom. The van der Waals surface area contributed by atoms with Gasteiger partial charge in [0.1, 0.15) is 17.1 Å². The maximum Gasteiger partial charge on any atom is 0.258 e. The fraction of sp³-hybridized carbons (Fsp3) is 0.154. The Labute approximate surface area is 206 Å². The van der Waals surface area contributed by atoms with Gasteiger partial charge in [-0.1, -0.05) is 30.0 Å². The van der Waals surface area contributed by atoms with Crippen LogP contribution in [-0.2, 0) is 5.75 Å². The standard InChI is InChI=1S/C26H23N5O3S/c1-17-8-13-23-27-19(14-24(32)30(23)15-17)16-35-26-29-28-25(18-9-11-20(33-2)12-10-18)31(26)21-6-4-5-7-22(21)34-3/h4-15H,16H2,1-3H3. The molecule has 0 unspecified atom stereocenters. The number of aryl methyl sites for hydroxylation is 1. The minimum Gasteiger partial charge on any atom is -0.497 e. The van der Waals surface area contributed by atoms with Crippen LogP contribution in [0.4, 0.5) is 0 Å². The molecule has 8 nitrogen and oxygen atoms in total. The number of thioether (sulfide) groups is 1. The molecule has 0 fully saturated rings. The van der Waals surface area contributed by atoms with Crippen molar-refractivity contribution in [3.8, 4) is 28.6 Å². The van der Waals surface area contributed by atoms with Gasteiger partial charge in [-0.2, -0.15) is 0 Å². The van der Waals surface area contributed by atoms with E-state index in [1.807, 2.05) is 72.2 Å². The number of pyridine rings is 1. The Morgan fingerprint density at radius 2 is 1.74 bits per heavy atom. The zero-order valence-electron chi connectivity index (χ0n) is 19.5. The van der Waals surface area contributed by atoms with Crippen LogP contribution < -0.4 is 15.0 Å². The number of hydrogen-bond acceptors (Lipinski definition) is 7. The Balaban J connectivity index is 1.55. The summed E-state index contributed by atoms with van der Waals surface area (Å²) in [6, 6.07) is 20.7. The fourth-order valence-corrected chi connectivity index (χ4v) is 4.63. The van der Waals surface area contributed by atoms with Crippen LogP contribution in [0.3, 0.4) is 0 Å². The molecule has 0 N–H and O–H groups in total. The minimum absolute atomic E-state index is 0.112. The van der Waals surface area contributed by atoms with Gasteiger partial charge < -0.3 is 9.47 Å². The lowest BCUT2D eigenvalue weighted by atomic mass is 10.2. The first-order valence-corrected chi connectivity index (χ1v) is 11.9. The molecule has 2 aromatic carbocycles. The van der Waals surface area contributed by atoms with Crippen molar-refractivity contribution in [1.29, 1.82) is 0 Å². The molecule has 5 aromatic rings. The smallest absolute Gasteiger partial charge is 0.258 e. The normalized spacial score (nSPS) is 11.1. The lowest BCUT2D eigenvalue weighted by Crippen LogP contribution is -2.15. The molecule has 0 spiro atoms. The molecule has 5 rings (SSSR count). The third kappa shape index (κ3) is 4.50. The van der Waals surface area contributed by atoms with E-state index in [4.69, 9.17) is 9.47 Å². The summed E-state index contributed by atoms with van der Waals surface area (Å²) < 4.78 is 14.4. The Morgan fingerprint density at radius 1 is 0.943 bits per heavy atom. The van der Waals surface area contributed by atoms with Crippen molar-refractivity contribution < 1.29 is 9.47 Å². The van der Waals surface area contributed by atoms with E-state index in [0.29, 0.717) is 33.8 Å². The summed E-state index contributed by atoms with van der Waals surface area (Å²) in [5.41, 5.74) is 3.87. The maximum absolute atomic E-state index is 12.6. The minimum atomic E-state index is -0.112. The van der Waals surface area contributed by atoms with Gasteiger partial charge in [0.15, 0.2) is 11.0 Å². The molecule has 176 valence electrons. The quantitative estimate of drug-likeness (QED) is 0.313. The van der Waals surface area contributed by atoms with Gasteiger partial charge in [-0.3, -0.25) is 13.8 Å². The van der Waals surface area contributed by atoms with Crippen LogP contribution in [-0.4, -0.2) is 38.4 Å². The first kappa shape index (κ1) is 22.7. The lowest BCUT2D eigenvalue weighted by molar-refractivity contribution is 0.412. The predicted octanol–water partition coefficient (Wildman–Crippen LogP) is 4.56. The highest BCUT2D eigenvalue weighted by molar-refractivity contribution is 7.98. The number of ether oxygens (including phenoxy) is 2. The molecular formula is C26H23N5O3S. The summed E-state index contributed by atoms with van der Waals surface area (Å²) in [6.07, 6.45) is 1.79. The molecule has 0 bridgehead atoms. The summed E-state index contributed by atoms with van der Waals surface area (Å²) in [6.45, 7) is 1.95. The molecule has 0 aliphatic rings. The fourth-order valence-electron chi connectivity index (χ4n) is 3.79. The van der Waals surface area contributed by atoms with E-state index in [1.54, 1.807) is 30.9 Å². The summed E-state index contributed by atoms with van der Waals surface area (Å²) in [4.78, 5) is 17.3. The van der Waals surface area contributed by atoms with E-state index in [2.05, 4.69) is 15.2 Å². The molecule has 0 atom stereocenters. The van der Waals surface area contributed by atoms with E-state index in [0.717, 1.165) is 22.6 Å². The van der Waals surface area contributed by atoms with Crippen molar-refractivity contribution in [3.05, 3.63) is 94.5 Å². The summed E-state index contributed by atoms with van der Waals surface area (Å²) >= 11 is 1.46. The Bertz CT molecular complexity index is 1560. The zero-order chi connectivity index (χ0) is 24.4. The molecule has 35 heavy (non-hydrogen) atoms. The summed E-state index contributed by atoms with van der Waals surface area (Å²) in [5.74, 6) is 2.58. The van der Waals surface area contributed by atoms with Crippen LogP contribution in [0, 0.1) is 6.92 Å². The second-order valence-corrected chi connectivity index (χ2v) is 8.79. The largest absolute Gasteiger partial charge is 0.497 e. The molecule has 0 saturated carbocycles. The van der Waals surface area contributed by atoms with E-state index in [9.17, 15) is 4.79 Å². The predicted molar refractivity (Wildman–Crippen MR) is 136 cm³/mol. The topological polar surface area (TPSA) is 83.5 Å². The molecular weight excluding hydrogens is 462 g/mol. The molecule has 0 aliphatic heterocycles. The average molecular weight is 486 g/mol. The third-order valence-corrected chi connectivity index (χ3v) is 6.48. The van der Waals surface area contributed by atoms with Crippen molar-refractivity contribution in [1.82, 2.24) is 24.1 Å². The monoisotopic (exact) mass is 485 g/mol. The number of nitrogens with zero attached hydrogens (tertiary/aromatic N) is 5. The first-order valence-electron chi connectivity index (χ1n) is 10.9. The number of para-hydroxylation sites is 2. The molecule has 0 saturated heterocycles. The van der Waals surface area contributed by atoms with Crippen molar-refractivity contribution in [2.24, 2.45) is 0 Å². The van der Waals surface area contributed by atoms with Gasteiger partial charge in [0, 0.05) is 23.6 Å². The van der Waals surface area contributed by atoms with Crippen LogP contribution in [0.2, 0.25) is 0 Å². The number of rotatable bonds is 7. The van der Waals surface area contributed by atoms with E-state index < -0.39 is 0 Å². The van der Waals surface area contributed by atoms with Gasteiger partial charge in [0.2, 0.25) is 0 Å². The van der Waals surface area contributed by atoms with Gasteiger partial charge in [0.25, 0.3) is 5.56 Å². The van der Waals surface area contributed by atoms with E-state index in [1.165, 1.54) is 11.8 Å². The number of methoxy groups -OCH3 is 2. The van der Waals surface area contributed by atoms with Crippen molar-refractivity contribution >= 4 is 17.4 Å². The van der Waals surface area contributed by atoms with Crippen LogP contribution >= 0.6 is 11.8 Å². The van der Waals surface area contributed by atoms with Crippen LogP contribution in [0.15, 0.2) is 82.9 Å². The molecule has 9 heteroatoms. The van der Waals surface area contributed by atoms with Crippen LogP contribution in [0.5, 0.6) is 11.5 Å². The van der Waals surface area contributed by atoms with E-state index >= 15 is 0 Å². The molecule has 0 aliphatic carbocycles. The molecule has 3 heterocycles. The highest BCUT2D eigenvalue weighted by Crippen LogP contribution is 2.33. The molecule has 0 amide bonds. The first-order chi connectivity index (χ1) is 17.1. The number of hydrogen-bond donors (Lipinski definition) is 0. The van der Waals surface area contributed by atoms with Gasteiger partial charge in [0.05, 0.1) is 25.6 Å². The average Bonchev–Trinajstić information content (AvgIpc) is 3.31.